The quantitative estimate of drug-likeness (QED) is 0.619. The van der Waals surface area contributed by atoms with Gasteiger partial charge in [-0.15, -0.1) is 0 Å². The lowest BCUT2D eigenvalue weighted by Crippen LogP contribution is -2.46. The molecule has 1 saturated carbocycles. The smallest absolute Gasteiger partial charge is 0.0685 e. The molecule has 1 spiro atoms. The van der Waals surface area contributed by atoms with Crippen molar-refractivity contribution in [1.82, 2.24) is 0 Å². The predicted molar refractivity (Wildman–Crippen MR) is 44.3 cm³/mol. The zero-order valence-electron chi connectivity index (χ0n) is 7.01. The summed E-state index contributed by atoms with van der Waals surface area (Å²) in [5.41, 5.74) is 5.94. The molecule has 2 heteroatoms. The maximum Gasteiger partial charge on any atom is 0.0685 e. The second-order valence-electron chi connectivity index (χ2n) is 3.98. The molecule has 2 rings (SSSR count). The van der Waals surface area contributed by atoms with Crippen LogP contribution in [-0.2, 0) is 4.74 Å². The number of rotatable bonds is 1. The molecule has 0 amide bonds. The van der Waals surface area contributed by atoms with E-state index in [-0.39, 0.29) is 0 Å². The van der Waals surface area contributed by atoms with Crippen molar-refractivity contribution >= 4 is 0 Å². The molecule has 0 aromatic carbocycles. The van der Waals surface area contributed by atoms with Gasteiger partial charge in [0.15, 0.2) is 0 Å². The van der Waals surface area contributed by atoms with Crippen LogP contribution in [0, 0.1) is 5.92 Å². The molecule has 1 aliphatic carbocycles. The van der Waals surface area contributed by atoms with Crippen LogP contribution in [-0.4, -0.2) is 18.8 Å². The van der Waals surface area contributed by atoms with Gasteiger partial charge in [-0.1, -0.05) is 0 Å². The van der Waals surface area contributed by atoms with Crippen LogP contribution in [0.15, 0.2) is 0 Å². The molecule has 2 nitrogen and oxygen atoms in total. The molecular formula is C9H17NO. The van der Waals surface area contributed by atoms with Crippen molar-refractivity contribution in [3.8, 4) is 0 Å². The van der Waals surface area contributed by atoms with E-state index in [4.69, 9.17) is 10.5 Å². The van der Waals surface area contributed by atoms with Crippen LogP contribution >= 0.6 is 0 Å². The predicted octanol–water partition coefficient (Wildman–Crippen LogP) is 1.29. The van der Waals surface area contributed by atoms with E-state index in [1.807, 2.05) is 0 Å². The summed E-state index contributed by atoms with van der Waals surface area (Å²) in [5.74, 6) is 0.740. The van der Waals surface area contributed by atoms with E-state index in [1.54, 1.807) is 0 Å². The van der Waals surface area contributed by atoms with Gasteiger partial charge in [0.05, 0.1) is 5.60 Å². The highest BCUT2D eigenvalue weighted by Crippen LogP contribution is 2.43. The number of ether oxygens (including phenoxy) is 1. The molecule has 64 valence electrons. The monoisotopic (exact) mass is 155 g/mol. The minimum atomic E-state index is 0.294. The van der Waals surface area contributed by atoms with Crippen LogP contribution in [0.5, 0.6) is 0 Å². The highest BCUT2D eigenvalue weighted by molar-refractivity contribution is 4.93. The summed E-state index contributed by atoms with van der Waals surface area (Å²) >= 11 is 0. The van der Waals surface area contributed by atoms with Crippen molar-refractivity contribution in [2.45, 2.75) is 37.7 Å². The Morgan fingerprint density at radius 3 is 2.82 bits per heavy atom. The van der Waals surface area contributed by atoms with Crippen molar-refractivity contribution in [1.29, 1.82) is 0 Å². The van der Waals surface area contributed by atoms with Gasteiger partial charge >= 0.3 is 0 Å². The first-order valence-corrected chi connectivity index (χ1v) is 4.69. The first-order chi connectivity index (χ1) is 5.35. The van der Waals surface area contributed by atoms with E-state index in [0.717, 1.165) is 19.1 Å². The van der Waals surface area contributed by atoms with E-state index < -0.39 is 0 Å². The highest BCUT2D eigenvalue weighted by atomic mass is 16.5. The molecule has 0 radical (unpaired) electrons. The zero-order chi connectivity index (χ0) is 7.73. The highest BCUT2D eigenvalue weighted by Gasteiger charge is 2.41. The minimum absolute atomic E-state index is 0.294. The molecule has 1 atom stereocenters. The van der Waals surface area contributed by atoms with E-state index in [2.05, 4.69) is 0 Å². The fourth-order valence-corrected chi connectivity index (χ4v) is 2.25. The summed E-state index contributed by atoms with van der Waals surface area (Å²) in [6.07, 6.45) is 6.33. The average molecular weight is 155 g/mol. The van der Waals surface area contributed by atoms with Gasteiger partial charge in [-0.2, -0.15) is 0 Å². The average Bonchev–Trinajstić information content (AvgIpc) is 2.02. The topological polar surface area (TPSA) is 35.2 Å². The third-order valence-corrected chi connectivity index (χ3v) is 3.19. The van der Waals surface area contributed by atoms with Crippen LogP contribution in [0.2, 0.25) is 0 Å². The molecule has 2 aliphatic rings. The molecule has 11 heavy (non-hydrogen) atoms. The van der Waals surface area contributed by atoms with Crippen molar-refractivity contribution in [3.63, 3.8) is 0 Å². The van der Waals surface area contributed by atoms with Gasteiger partial charge in [0, 0.05) is 6.61 Å². The lowest BCUT2D eigenvalue weighted by atomic mass is 9.72. The van der Waals surface area contributed by atoms with Crippen molar-refractivity contribution in [3.05, 3.63) is 0 Å². The van der Waals surface area contributed by atoms with E-state index in [1.165, 1.54) is 32.1 Å². The van der Waals surface area contributed by atoms with Gasteiger partial charge < -0.3 is 10.5 Å². The van der Waals surface area contributed by atoms with E-state index in [9.17, 15) is 0 Å². The summed E-state index contributed by atoms with van der Waals surface area (Å²) < 4.78 is 5.78. The van der Waals surface area contributed by atoms with Crippen molar-refractivity contribution < 1.29 is 4.74 Å². The molecule has 2 N–H and O–H groups in total. The molecule has 1 saturated heterocycles. The van der Waals surface area contributed by atoms with Gasteiger partial charge in [0.25, 0.3) is 0 Å². The van der Waals surface area contributed by atoms with Gasteiger partial charge in [0.2, 0.25) is 0 Å². The minimum Gasteiger partial charge on any atom is -0.375 e. The standard InChI is InChI=1S/C9H17NO/c10-7-8-2-5-11-9(6-8)3-1-4-9/h8H,1-7,10H2. The molecule has 1 unspecified atom stereocenters. The lowest BCUT2D eigenvalue weighted by Gasteiger charge is -2.47. The molecular weight excluding hydrogens is 138 g/mol. The maximum absolute atomic E-state index is 5.78. The molecule has 0 bridgehead atoms. The third-order valence-electron chi connectivity index (χ3n) is 3.19. The Morgan fingerprint density at radius 2 is 2.27 bits per heavy atom. The largest absolute Gasteiger partial charge is 0.375 e. The summed E-state index contributed by atoms with van der Waals surface area (Å²) in [6, 6.07) is 0. The first-order valence-electron chi connectivity index (χ1n) is 4.69. The van der Waals surface area contributed by atoms with Crippen LogP contribution in [0.4, 0.5) is 0 Å². The molecule has 2 fully saturated rings. The molecule has 0 aromatic rings. The lowest BCUT2D eigenvalue weighted by molar-refractivity contribution is -0.142. The molecule has 0 aromatic heterocycles. The van der Waals surface area contributed by atoms with Crippen LogP contribution in [0.25, 0.3) is 0 Å². The second kappa shape index (κ2) is 2.76. The SMILES string of the molecule is NCC1CCOC2(CCC2)C1. The van der Waals surface area contributed by atoms with Crippen LogP contribution in [0.3, 0.4) is 0 Å². The van der Waals surface area contributed by atoms with Crippen LogP contribution in [0.1, 0.15) is 32.1 Å². The number of hydrogen-bond acceptors (Lipinski definition) is 2. The number of nitrogens with two attached hydrogens (primary N) is 1. The molecule has 1 aliphatic heterocycles. The Morgan fingerprint density at radius 1 is 1.45 bits per heavy atom. The van der Waals surface area contributed by atoms with Crippen molar-refractivity contribution in [2.75, 3.05) is 13.2 Å². The Bertz CT molecular complexity index is 142. The summed E-state index contributed by atoms with van der Waals surface area (Å²) in [4.78, 5) is 0. The summed E-state index contributed by atoms with van der Waals surface area (Å²) in [6.45, 7) is 1.80. The zero-order valence-corrected chi connectivity index (χ0v) is 7.01. The Hall–Kier alpha value is -0.0800. The van der Waals surface area contributed by atoms with Crippen molar-refractivity contribution in [2.24, 2.45) is 11.7 Å². The van der Waals surface area contributed by atoms with Gasteiger partial charge in [0.1, 0.15) is 0 Å². The maximum atomic E-state index is 5.78. The summed E-state index contributed by atoms with van der Waals surface area (Å²) in [5, 5.41) is 0. The Balaban J connectivity index is 1.92. The Kier molecular flexibility index (Phi) is 1.90. The number of hydrogen-bond donors (Lipinski definition) is 1. The fourth-order valence-electron chi connectivity index (χ4n) is 2.25. The second-order valence-corrected chi connectivity index (χ2v) is 3.98. The van der Waals surface area contributed by atoms with E-state index >= 15 is 0 Å². The summed E-state index contributed by atoms with van der Waals surface area (Å²) in [7, 11) is 0. The fraction of sp³-hybridized carbons (Fsp3) is 1.00. The van der Waals surface area contributed by atoms with Gasteiger partial charge in [-0.05, 0) is 44.6 Å². The van der Waals surface area contributed by atoms with E-state index in [0.29, 0.717) is 5.60 Å². The molecule has 1 heterocycles. The Labute approximate surface area is 68.1 Å². The first kappa shape index (κ1) is 7.56. The normalized spacial score (nSPS) is 35.2. The third kappa shape index (κ3) is 1.30. The van der Waals surface area contributed by atoms with Gasteiger partial charge in [-0.3, -0.25) is 0 Å². The van der Waals surface area contributed by atoms with Gasteiger partial charge in [-0.25, -0.2) is 0 Å². The van der Waals surface area contributed by atoms with Crippen LogP contribution < -0.4 is 5.73 Å².